The van der Waals surface area contributed by atoms with Crippen LogP contribution < -0.4 is 11.1 Å². The Morgan fingerprint density at radius 1 is 1.22 bits per heavy atom. The summed E-state index contributed by atoms with van der Waals surface area (Å²) in [4.78, 5) is 15.9. The maximum atomic E-state index is 11.9. The summed E-state index contributed by atoms with van der Waals surface area (Å²) >= 11 is 0. The number of carbonyl (C=O) groups is 1. The molecule has 0 spiro atoms. The lowest BCUT2D eigenvalue weighted by Crippen LogP contribution is -2.12. The van der Waals surface area contributed by atoms with E-state index in [1.807, 2.05) is 12.1 Å². The molecule has 0 atom stereocenters. The first-order valence-corrected chi connectivity index (χ1v) is 5.80. The van der Waals surface area contributed by atoms with Crippen molar-refractivity contribution in [1.82, 2.24) is 4.98 Å². The van der Waals surface area contributed by atoms with Crippen LogP contribution in [-0.4, -0.2) is 17.4 Å². The summed E-state index contributed by atoms with van der Waals surface area (Å²) in [5, 5.41) is 2.78. The van der Waals surface area contributed by atoms with Crippen molar-refractivity contribution in [3.8, 4) is 0 Å². The van der Waals surface area contributed by atoms with Crippen molar-refractivity contribution in [3.05, 3.63) is 59.9 Å². The van der Waals surface area contributed by atoms with E-state index in [0.717, 1.165) is 12.0 Å². The van der Waals surface area contributed by atoms with Crippen molar-refractivity contribution < 1.29 is 4.79 Å². The monoisotopic (exact) mass is 241 g/mol. The van der Waals surface area contributed by atoms with Gasteiger partial charge in [-0.1, -0.05) is 12.1 Å². The van der Waals surface area contributed by atoms with Gasteiger partial charge in [0.1, 0.15) is 0 Å². The summed E-state index contributed by atoms with van der Waals surface area (Å²) in [6.07, 6.45) is 4.10. The fraction of sp³-hybridized carbons (Fsp3) is 0.143. The Morgan fingerprint density at radius 3 is 2.61 bits per heavy atom. The summed E-state index contributed by atoms with van der Waals surface area (Å²) in [6, 6.07) is 11.0. The van der Waals surface area contributed by atoms with Gasteiger partial charge in [-0.05, 0) is 42.8 Å². The normalized spacial score (nSPS) is 10.1. The van der Waals surface area contributed by atoms with Gasteiger partial charge in [0.05, 0.1) is 11.9 Å². The van der Waals surface area contributed by atoms with Crippen molar-refractivity contribution in [2.45, 2.75) is 6.42 Å². The van der Waals surface area contributed by atoms with Crippen LogP contribution in [0.2, 0.25) is 0 Å². The average Bonchev–Trinajstić information content (AvgIpc) is 2.41. The second-order valence-electron chi connectivity index (χ2n) is 3.93. The molecule has 0 saturated heterocycles. The molecule has 2 rings (SSSR count). The van der Waals surface area contributed by atoms with Crippen LogP contribution >= 0.6 is 0 Å². The van der Waals surface area contributed by atoms with Crippen LogP contribution in [0.3, 0.4) is 0 Å². The van der Waals surface area contributed by atoms with Crippen LogP contribution in [-0.2, 0) is 6.42 Å². The van der Waals surface area contributed by atoms with Crippen molar-refractivity contribution in [2.24, 2.45) is 5.73 Å². The molecule has 4 nitrogen and oxygen atoms in total. The summed E-state index contributed by atoms with van der Waals surface area (Å²) in [7, 11) is 0. The molecular formula is C14H15N3O. The Morgan fingerprint density at radius 2 is 2.00 bits per heavy atom. The second kappa shape index (κ2) is 5.93. The highest BCUT2D eigenvalue weighted by Crippen LogP contribution is 2.09. The molecule has 3 N–H and O–H groups in total. The van der Waals surface area contributed by atoms with Gasteiger partial charge in [-0.3, -0.25) is 9.78 Å². The van der Waals surface area contributed by atoms with Crippen molar-refractivity contribution >= 4 is 11.6 Å². The van der Waals surface area contributed by atoms with E-state index >= 15 is 0 Å². The Kier molecular flexibility index (Phi) is 4.04. The molecule has 0 aliphatic heterocycles. The first kappa shape index (κ1) is 12.3. The number of benzene rings is 1. The highest BCUT2D eigenvalue weighted by Gasteiger charge is 2.05. The predicted octanol–water partition coefficient (Wildman–Crippen LogP) is 1.84. The molecule has 2 aromatic rings. The molecule has 4 heteroatoms. The lowest BCUT2D eigenvalue weighted by Gasteiger charge is -2.05. The van der Waals surface area contributed by atoms with Gasteiger partial charge in [0, 0.05) is 11.8 Å². The van der Waals surface area contributed by atoms with Crippen molar-refractivity contribution in [2.75, 3.05) is 11.9 Å². The lowest BCUT2D eigenvalue weighted by atomic mass is 10.1. The quantitative estimate of drug-likeness (QED) is 0.858. The number of anilines is 1. The Bertz CT molecular complexity index is 508. The molecule has 0 aliphatic carbocycles. The SMILES string of the molecule is NCCc1ccc(C(=O)Nc2cccnc2)cc1. The van der Waals surface area contributed by atoms with Gasteiger partial charge in [0.2, 0.25) is 0 Å². The Hall–Kier alpha value is -2.20. The van der Waals surface area contributed by atoms with E-state index in [4.69, 9.17) is 5.73 Å². The fourth-order valence-electron chi connectivity index (χ4n) is 1.63. The summed E-state index contributed by atoms with van der Waals surface area (Å²) in [5.41, 5.74) is 7.92. The van der Waals surface area contributed by atoms with Crippen LogP contribution in [0, 0.1) is 0 Å². The molecular weight excluding hydrogens is 226 g/mol. The number of amides is 1. The highest BCUT2D eigenvalue weighted by molar-refractivity contribution is 6.04. The standard InChI is InChI=1S/C14H15N3O/c15-8-7-11-3-5-12(6-4-11)14(18)17-13-2-1-9-16-10-13/h1-6,9-10H,7-8,15H2,(H,17,18). The number of pyridine rings is 1. The molecule has 0 radical (unpaired) electrons. The molecule has 1 heterocycles. The predicted molar refractivity (Wildman–Crippen MR) is 71.4 cm³/mol. The van der Waals surface area contributed by atoms with Gasteiger partial charge < -0.3 is 11.1 Å². The maximum absolute atomic E-state index is 11.9. The molecule has 0 aliphatic rings. The Balaban J connectivity index is 2.05. The number of hydrogen-bond acceptors (Lipinski definition) is 3. The van der Waals surface area contributed by atoms with Crippen LogP contribution in [0.25, 0.3) is 0 Å². The van der Waals surface area contributed by atoms with Crippen molar-refractivity contribution in [3.63, 3.8) is 0 Å². The van der Waals surface area contributed by atoms with Crippen LogP contribution in [0.15, 0.2) is 48.8 Å². The van der Waals surface area contributed by atoms with Gasteiger partial charge in [-0.15, -0.1) is 0 Å². The first-order chi connectivity index (χ1) is 8.79. The van der Waals surface area contributed by atoms with Gasteiger partial charge in [-0.2, -0.15) is 0 Å². The van der Waals surface area contributed by atoms with Crippen LogP contribution in [0.5, 0.6) is 0 Å². The largest absolute Gasteiger partial charge is 0.330 e. The molecule has 1 aromatic carbocycles. The summed E-state index contributed by atoms with van der Waals surface area (Å²) in [5.74, 6) is -0.137. The van der Waals surface area contributed by atoms with Gasteiger partial charge in [-0.25, -0.2) is 0 Å². The maximum Gasteiger partial charge on any atom is 0.255 e. The minimum atomic E-state index is -0.137. The lowest BCUT2D eigenvalue weighted by molar-refractivity contribution is 0.102. The van der Waals surface area contributed by atoms with Gasteiger partial charge >= 0.3 is 0 Å². The Labute approximate surface area is 106 Å². The van der Waals surface area contributed by atoms with E-state index in [1.54, 1.807) is 36.7 Å². The molecule has 0 fully saturated rings. The number of carbonyl (C=O) groups excluding carboxylic acids is 1. The molecule has 0 unspecified atom stereocenters. The van der Waals surface area contributed by atoms with E-state index in [1.165, 1.54) is 0 Å². The summed E-state index contributed by atoms with van der Waals surface area (Å²) in [6.45, 7) is 0.612. The third-order valence-electron chi connectivity index (χ3n) is 2.57. The minimum absolute atomic E-state index is 0.137. The zero-order valence-electron chi connectivity index (χ0n) is 9.97. The van der Waals surface area contributed by atoms with Gasteiger partial charge in [0.25, 0.3) is 5.91 Å². The van der Waals surface area contributed by atoms with Crippen LogP contribution in [0.1, 0.15) is 15.9 Å². The molecule has 1 amide bonds. The van der Waals surface area contributed by atoms with Crippen molar-refractivity contribution in [1.29, 1.82) is 0 Å². The zero-order valence-corrected chi connectivity index (χ0v) is 9.97. The van der Waals surface area contributed by atoms with E-state index < -0.39 is 0 Å². The van der Waals surface area contributed by atoms with E-state index in [-0.39, 0.29) is 5.91 Å². The molecule has 1 aromatic heterocycles. The second-order valence-corrected chi connectivity index (χ2v) is 3.93. The van der Waals surface area contributed by atoms with E-state index in [9.17, 15) is 4.79 Å². The number of rotatable bonds is 4. The molecule has 92 valence electrons. The van der Waals surface area contributed by atoms with E-state index in [2.05, 4.69) is 10.3 Å². The smallest absolute Gasteiger partial charge is 0.255 e. The number of nitrogens with one attached hydrogen (secondary N) is 1. The number of aromatic nitrogens is 1. The zero-order chi connectivity index (χ0) is 12.8. The molecule has 0 saturated carbocycles. The molecule has 0 bridgehead atoms. The summed E-state index contributed by atoms with van der Waals surface area (Å²) < 4.78 is 0. The fourth-order valence-corrected chi connectivity index (χ4v) is 1.63. The highest BCUT2D eigenvalue weighted by atomic mass is 16.1. The third kappa shape index (κ3) is 3.15. The number of nitrogens with two attached hydrogens (primary N) is 1. The van der Waals surface area contributed by atoms with Crippen LogP contribution in [0.4, 0.5) is 5.69 Å². The molecule has 18 heavy (non-hydrogen) atoms. The topological polar surface area (TPSA) is 68.0 Å². The van der Waals surface area contributed by atoms with E-state index in [0.29, 0.717) is 17.8 Å². The average molecular weight is 241 g/mol. The number of hydrogen-bond donors (Lipinski definition) is 2. The first-order valence-electron chi connectivity index (χ1n) is 5.80. The van der Waals surface area contributed by atoms with Gasteiger partial charge in [0.15, 0.2) is 0 Å². The minimum Gasteiger partial charge on any atom is -0.330 e. The third-order valence-corrected chi connectivity index (χ3v) is 2.57. The number of nitrogens with zero attached hydrogens (tertiary/aromatic N) is 1.